The molecule has 0 aromatic heterocycles. The summed E-state index contributed by atoms with van der Waals surface area (Å²) in [6.45, 7) is 3.97. The van der Waals surface area contributed by atoms with Crippen LogP contribution in [-0.4, -0.2) is 11.7 Å². The van der Waals surface area contributed by atoms with Crippen LogP contribution in [0.3, 0.4) is 0 Å². The Labute approximate surface area is 66.8 Å². The van der Waals surface area contributed by atoms with Gasteiger partial charge in [-0.25, -0.2) is 10.2 Å². The SMILES string of the molecule is CCCC/C(C)=N/NC(N)=O. The number of hydrogen-bond acceptors (Lipinski definition) is 2. The van der Waals surface area contributed by atoms with Crippen molar-refractivity contribution in [3.05, 3.63) is 0 Å². The Bertz CT molecular complexity index is 154. The van der Waals surface area contributed by atoms with Gasteiger partial charge in [-0.15, -0.1) is 0 Å². The first kappa shape index (κ1) is 9.94. The van der Waals surface area contributed by atoms with Gasteiger partial charge in [0.15, 0.2) is 0 Å². The maximum atomic E-state index is 10.2. The number of nitrogens with zero attached hydrogens (tertiary/aromatic N) is 1. The maximum Gasteiger partial charge on any atom is 0.332 e. The standard InChI is InChI=1S/C7H15N3O/c1-3-4-5-6(2)9-10-7(8)11/h3-5H2,1-2H3,(H3,8,10,11)/b9-6+. The molecule has 64 valence electrons. The van der Waals surface area contributed by atoms with Crippen LogP contribution in [0.2, 0.25) is 0 Å². The fourth-order valence-corrected chi connectivity index (χ4v) is 0.639. The average molecular weight is 157 g/mol. The maximum absolute atomic E-state index is 10.2. The summed E-state index contributed by atoms with van der Waals surface area (Å²) < 4.78 is 0. The second-order valence-corrected chi connectivity index (χ2v) is 2.43. The zero-order valence-corrected chi connectivity index (χ0v) is 7.05. The van der Waals surface area contributed by atoms with E-state index in [9.17, 15) is 4.79 Å². The van der Waals surface area contributed by atoms with Crippen LogP contribution in [0, 0.1) is 0 Å². The van der Waals surface area contributed by atoms with Gasteiger partial charge >= 0.3 is 6.03 Å². The van der Waals surface area contributed by atoms with Gasteiger partial charge in [-0.05, 0) is 19.8 Å². The molecule has 11 heavy (non-hydrogen) atoms. The minimum Gasteiger partial charge on any atom is -0.350 e. The molecule has 2 amide bonds. The van der Waals surface area contributed by atoms with E-state index in [1.54, 1.807) is 0 Å². The molecule has 0 atom stereocenters. The topological polar surface area (TPSA) is 67.5 Å². The third-order valence-corrected chi connectivity index (χ3v) is 1.25. The molecule has 0 radical (unpaired) electrons. The number of hydrazone groups is 1. The highest BCUT2D eigenvalue weighted by molar-refractivity contribution is 5.83. The van der Waals surface area contributed by atoms with Crippen molar-refractivity contribution < 1.29 is 4.79 Å². The predicted octanol–water partition coefficient (Wildman–Crippen LogP) is 1.22. The Morgan fingerprint density at radius 2 is 2.27 bits per heavy atom. The van der Waals surface area contributed by atoms with E-state index < -0.39 is 6.03 Å². The highest BCUT2D eigenvalue weighted by Crippen LogP contribution is 1.95. The molecule has 0 rings (SSSR count). The number of primary amides is 1. The first-order valence-electron chi connectivity index (χ1n) is 3.75. The van der Waals surface area contributed by atoms with Gasteiger partial charge in [-0.3, -0.25) is 0 Å². The van der Waals surface area contributed by atoms with E-state index in [-0.39, 0.29) is 0 Å². The summed E-state index contributed by atoms with van der Waals surface area (Å²) >= 11 is 0. The minimum atomic E-state index is -0.610. The predicted molar refractivity (Wildman–Crippen MR) is 45.4 cm³/mol. The third-order valence-electron chi connectivity index (χ3n) is 1.25. The minimum absolute atomic E-state index is 0.610. The third kappa shape index (κ3) is 6.83. The number of urea groups is 1. The van der Waals surface area contributed by atoms with E-state index in [1.165, 1.54) is 0 Å². The Hall–Kier alpha value is -1.06. The lowest BCUT2D eigenvalue weighted by Gasteiger charge is -1.97. The van der Waals surface area contributed by atoms with Gasteiger partial charge in [0, 0.05) is 5.71 Å². The summed E-state index contributed by atoms with van der Waals surface area (Å²) in [5.41, 5.74) is 7.90. The Morgan fingerprint density at radius 3 is 2.73 bits per heavy atom. The van der Waals surface area contributed by atoms with Gasteiger partial charge in [0.25, 0.3) is 0 Å². The number of nitrogens with one attached hydrogen (secondary N) is 1. The lowest BCUT2D eigenvalue weighted by molar-refractivity contribution is 0.249. The number of hydrogen-bond donors (Lipinski definition) is 2. The van der Waals surface area contributed by atoms with Gasteiger partial charge < -0.3 is 5.73 Å². The fourth-order valence-electron chi connectivity index (χ4n) is 0.639. The van der Waals surface area contributed by atoms with E-state index in [0.29, 0.717) is 0 Å². The molecule has 0 aliphatic carbocycles. The molecule has 0 spiro atoms. The smallest absolute Gasteiger partial charge is 0.332 e. The summed E-state index contributed by atoms with van der Waals surface area (Å²) in [4.78, 5) is 10.2. The molecule has 3 N–H and O–H groups in total. The summed E-state index contributed by atoms with van der Waals surface area (Å²) in [6.07, 6.45) is 3.13. The number of nitrogens with two attached hydrogens (primary N) is 1. The monoisotopic (exact) mass is 157 g/mol. The van der Waals surface area contributed by atoms with Crippen molar-refractivity contribution in [2.24, 2.45) is 10.8 Å². The first-order chi connectivity index (χ1) is 5.16. The van der Waals surface area contributed by atoms with E-state index in [4.69, 9.17) is 5.73 Å². The van der Waals surface area contributed by atoms with E-state index in [0.717, 1.165) is 25.0 Å². The van der Waals surface area contributed by atoms with Crippen molar-refractivity contribution in [1.29, 1.82) is 0 Å². The normalized spacial score (nSPS) is 11.3. The van der Waals surface area contributed by atoms with Gasteiger partial charge in [0.2, 0.25) is 0 Å². The molecule has 0 heterocycles. The number of rotatable bonds is 4. The number of unbranched alkanes of at least 4 members (excludes halogenated alkanes) is 1. The average Bonchev–Trinajstić information content (AvgIpc) is 1.97. The van der Waals surface area contributed by atoms with Crippen molar-refractivity contribution >= 4 is 11.7 Å². The molecule has 0 aromatic carbocycles. The van der Waals surface area contributed by atoms with Crippen LogP contribution in [0.25, 0.3) is 0 Å². The van der Waals surface area contributed by atoms with Crippen LogP contribution in [0.4, 0.5) is 4.79 Å². The molecule has 0 saturated carbocycles. The molecule has 0 aliphatic heterocycles. The summed E-state index contributed by atoms with van der Waals surface area (Å²) in [5.74, 6) is 0. The van der Waals surface area contributed by atoms with Gasteiger partial charge in [0.1, 0.15) is 0 Å². The molecular formula is C7H15N3O. The molecule has 4 heteroatoms. The summed E-state index contributed by atoms with van der Waals surface area (Å²) in [6, 6.07) is -0.610. The van der Waals surface area contributed by atoms with Crippen LogP contribution >= 0.6 is 0 Å². The van der Waals surface area contributed by atoms with Crippen molar-refractivity contribution in [1.82, 2.24) is 5.43 Å². The number of carbonyl (C=O) groups excluding carboxylic acids is 1. The molecule has 0 aliphatic rings. The quantitative estimate of drug-likeness (QED) is 0.467. The van der Waals surface area contributed by atoms with E-state index >= 15 is 0 Å². The molecule has 0 unspecified atom stereocenters. The largest absolute Gasteiger partial charge is 0.350 e. The first-order valence-corrected chi connectivity index (χ1v) is 3.75. The zero-order valence-electron chi connectivity index (χ0n) is 7.05. The van der Waals surface area contributed by atoms with Crippen LogP contribution in [0.1, 0.15) is 33.1 Å². The highest BCUT2D eigenvalue weighted by atomic mass is 16.2. The van der Waals surface area contributed by atoms with Crippen LogP contribution < -0.4 is 11.2 Å². The van der Waals surface area contributed by atoms with Crippen molar-refractivity contribution in [2.45, 2.75) is 33.1 Å². The van der Waals surface area contributed by atoms with E-state index in [1.807, 2.05) is 6.92 Å². The van der Waals surface area contributed by atoms with Gasteiger partial charge in [-0.2, -0.15) is 5.10 Å². The molecular weight excluding hydrogens is 142 g/mol. The second-order valence-electron chi connectivity index (χ2n) is 2.43. The Morgan fingerprint density at radius 1 is 1.64 bits per heavy atom. The lowest BCUT2D eigenvalue weighted by atomic mass is 10.2. The fraction of sp³-hybridized carbons (Fsp3) is 0.714. The molecule has 0 bridgehead atoms. The number of amides is 2. The summed E-state index contributed by atoms with van der Waals surface area (Å²) in [5, 5.41) is 3.75. The van der Waals surface area contributed by atoms with Gasteiger partial charge in [0.05, 0.1) is 0 Å². The highest BCUT2D eigenvalue weighted by Gasteiger charge is 1.91. The van der Waals surface area contributed by atoms with Crippen LogP contribution in [0.5, 0.6) is 0 Å². The van der Waals surface area contributed by atoms with Crippen LogP contribution in [0.15, 0.2) is 5.10 Å². The van der Waals surface area contributed by atoms with Gasteiger partial charge in [-0.1, -0.05) is 13.3 Å². The molecule has 4 nitrogen and oxygen atoms in total. The Kier molecular flexibility index (Phi) is 5.15. The molecule has 0 saturated heterocycles. The number of carbonyl (C=O) groups is 1. The lowest BCUT2D eigenvalue weighted by Crippen LogP contribution is -2.25. The molecule has 0 fully saturated rings. The Balaban J connectivity index is 3.54. The second kappa shape index (κ2) is 5.70. The van der Waals surface area contributed by atoms with Crippen molar-refractivity contribution in [2.75, 3.05) is 0 Å². The zero-order chi connectivity index (χ0) is 8.69. The van der Waals surface area contributed by atoms with Crippen molar-refractivity contribution in [3.63, 3.8) is 0 Å². The van der Waals surface area contributed by atoms with Crippen LogP contribution in [-0.2, 0) is 0 Å². The van der Waals surface area contributed by atoms with Crippen molar-refractivity contribution in [3.8, 4) is 0 Å². The van der Waals surface area contributed by atoms with E-state index in [2.05, 4.69) is 17.5 Å². The molecule has 0 aromatic rings. The summed E-state index contributed by atoms with van der Waals surface area (Å²) in [7, 11) is 0.